The van der Waals surface area contributed by atoms with Crippen molar-refractivity contribution >= 4 is 18.8 Å². The summed E-state index contributed by atoms with van der Waals surface area (Å²) in [5.74, 6) is 0. The Hall–Kier alpha value is 0.394. The van der Waals surface area contributed by atoms with E-state index in [0.29, 0.717) is 0 Å². The lowest BCUT2D eigenvalue weighted by atomic mass is 10.5. The minimum absolute atomic E-state index is 0.225. The molecule has 0 radical (unpaired) electrons. The van der Waals surface area contributed by atoms with Gasteiger partial charge in [0.2, 0.25) is 0 Å². The summed E-state index contributed by atoms with van der Waals surface area (Å²) in [4.78, 5) is 0. The number of hydrogen-bond acceptors (Lipinski definition) is 1. The molecule has 12 heavy (non-hydrogen) atoms. The van der Waals surface area contributed by atoms with Crippen molar-refractivity contribution in [2.45, 2.75) is 58.2 Å². The molecule has 0 aliphatic carbocycles. The molecule has 0 saturated carbocycles. The fraction of sp³-hybridized carbons (Fsp3) is 1.00. The van der Waals surface area contributed by atoms with Gasteiger partial charge in [-0.15, -0.1) is 0 Å². The van der Waals surface area contributed by atoms with Crippen LogP contribution in [0.5, 0.6) is 0 Å². The number of hydrogen-bond donors (Lipinski definition) is 0. The Morgan fingerprint density at radius 1 is 0.917 bits per heavy atom. The maximum Gasteiger partial charge on any atom is 0.167 e. The normalized spacial score (nSPS) is 13.5. The Kier molecular flexibility index (Phi) is 6.14. The zero-order valence-electron chi connectivity index (χ0n) is 9.42. The number of rotatable bonds is 5. The largest absolute Gasteiger partial charge is 0.462 e. The van der Waals surface area contributed by atoms with Crippen LogP contribution in [0.1, 0.15) is 41.5 Å². The first-order valence-electron chi connectivity index (χ1n) is 5.06. The fourth-order valence-corrected chi connectivity index (χ4v) is 8.51. The van der Waals surface area contributed by atoms with Crippen LogP contribution in [0.3, 0.4) is 0 Å². The molecule has 0 N–H and O–H groups in total. The van der Waals surface area contributed by atoms with Crippen LogP contribution in [-0.4, -0.2) is 18.8 Å². The molecule has 0 aromatic rings. The third-order valence-electron chi connectivity index (χ3n) is 1.94. The summed E-state index contributed by atoms with van der Waals surface area (Å²) in [6, 6.07) is 0. The second-order valence-corrected chi connectivity index (χ2v) is 11.6. The Bertz CT molecular complexity index is 105. The maximum atomic E-state index is 6.10. The van der Waals surface area contributed by atoms with Crippen molar-refractivity contribution in [3.63, 3.8) is 0 Å². The van der Waals surface area contributed by atoms with E-state index in [4.69, 9.17) is 4.12 Å². The quantitative estimate of drug-likeness (QED) is 0.625. The lowest BCUT2D eigenvalue weighted by molar-refractivity contribution is 0.558. The molecule has 0 fully saturated rings. The molecule has 0 heterocycles. The predicted molar refractivity (Wildman–Crippen MR) is 62.1 cm³/mol. The molecule has 1 nitrogen and oxygen atoms in total. The topological polar surface area (TPSA) is 9.23 Å². The third-order valence-corrected chi connectivity index (χ3v) is 7.54. The van der Waals surface area contributed by atoms with E-state index in [1.165, 1.54) is 0 Å². The van der Waals surface area contributed by atoms with Crippen molar-refractivity contribution < 1.29 is 4.12 Å². The average molecular weight is 204 g/mol. The zero-order chi connectivity index (χ0) is 9.72. The Balaban J connectivity index is 3.80. The van der Waals surface area contributed by atoms with Gasteiger partial charge in [0.1, 0.15) is 9.76 Å². The smallest absolute Gasteiger partial charge is 0.167 e. The van der Waals surface area contributed by atoms with E-state index in [9.17, 15) is 0 Å². The molecule has 0 unspecified atom stereocenters. The van der Waals surface area contributed by atoms with E-state index in [0.717, 1.165) is 16.6 Å². The van der Waals surface area contributed by atoms with Gasteiger partial charge < -0.3 is 4.12 Å². The van der Waals surface area contributed by atoms with Crippen LogP contribution in [0.2, 0.25) is 16.6 Å². The highest BCUT2D eigenvalue weighted by Crippen LogP contribution is 2.21. The molecule has 0 aromatic carbocycles. The van der Waals surface area contributed by atoms with Crippen LogP contribution in [0.25, 0.3) is 0 Å². The molecule has 0 atom stereocenters. The highest BCUT2D eigenvalue weighted by atomic mass is 28.3. The highest BCUT2D eigenvalue weighted by Gasteiger charge is 2.20. The first kappa shape index (κ1) is 12.4. The van der Waals surface area contributed by atoms with Crippen molar-refractivity contribution in [3.8, 4) is 0 Å². The van der Waals surface area contributed by atoms with Crippen LogP contribution >= 0.6 is 0 Å². The molecule has 0 aliphatic rings. The van der Waals surface area contributed by atoms with Gasteiger partial charge in [0.25, 0.3) is 0 Å². The molecule has 0 aliphatic heterocycles. The second kappa shape index (κ2) is 5.94. The van der Waals surface area contributed by atoms with E-state index in [-0.39, 0.29) is 9.76 Å². The van der Waals surface area contributed by atoms with Gasteiger partial charge in [0, 0.05) is 0 Å². The Morgan fingerprint density at radius 3 is 1.58 bits per heavy atom. The molecular formula is C9H24OSi2. The van der Waals surface area contributed by atoms with Crippen LogP contribution in [0, 0.1) is 0 Å². The van der Waals surface area contributed by atoms with Crippen LogP contribution in [-0.2, 0) is 4.12 Å². The van der Waals surface area contributed by atoms with Crippen molar-refractivity contribution in [1.29, 1.82) is 0 Å². The zero-order valence-corrected chi connectivity index (χ0v) is 12.0. The molecule has 74 valence electrons. The lowest BCUT2D eigenvalue weighted by Crippen LogP contribution is -2.28. The molecule has 0 bridgehead atoms. The average Bonchev–Trinajstić information content (AvgIpc) is 1.84. The van der Waals surface area contributed by atoms with Crippen molar-refractivity contribution in [2.75, 3.05) is 0 Å². The highest BCUT2D eigenvalue weighted by molar-refractivity contribution is 6.61. The minimum Gasteiger partial charge on any atom is -0.462 e. The van der Waals surface area contributed by atoms with E-state index < -0.39 is 9.04 Å². The third kappa shape index (κ3) is 5.11. The predicted octanol–water partition coefficient (Wildman–Crippen LogP) is 2.46. The summed E-state index contributed by atoms with van der Waals surface area (Å²) in [7, 11) is -1.10. The molecule has 3 heteroatoms. The summed E-state index contributed by atoms with van der Waals surface area (Å²) in [6.07, 6.45) is 0. The van der Waals surface area contributed by atoms with Crippen molar-refractivity contribution in [1.82, 2.24) is 0 Å². The van der Waals surface area contributed by atoms with Gasteiger partial charge in [-0.1, -0.05) is 41.5 Å². The molecule has 0 saturated heterocycles. The summed E-state index contributed by atoms with van der Waals surface area (Å²) >= 11 is 0. The standard InChI is InChI=1S/C9H24OSi2/c1-7(2)11-10-12(8(3)4)9(5)6/h7-9,12H,11H2,1-6H3. The van der Waals surface area contributed by atoms with Crippen LogP contribution in [0.4, 0.5) is 0 Å². The van der Waals surface area contributed by atoms with E-state index in [1.54, 1.807) is 0 Å². The molecule has 0 spiro atoms. The fourth-order valence-electron chi connectivity index (χ4n) is 1.46. The van der Waals surface area contributed by atoms with Crippen LogP contribution in [0.15, 0.2) is 0 Å². The monoisotopic (exact) mass is 204 g/mol. The first-order chi connectivity index (χ1) is 5.45. The van der Waals surface area contributed by atoms with Gasteiger partial charge in [-0.25, -0.2) is 0 Å². The van der Waals surface area contributed by atoms with Crippen molar-refractivity contribution in [2.24, 2.45) is 0 Å². The van der Waals surface area contributed by atoms with Gasteiger partial charge >= 0.3 is 0 Å². The molecule has 0 aromatic heterocycles. The molecule has 0 amide bonds. The van der Waals surface area contributed by atoms with E-state index in [2.05, 4.69) is 41.5 Å². The van der Waals surface area contributed by atoms with Crippen molar-refractivity contribution in [3.05, 3.63) is 0 Å². The second-order valence-electron chi connectivity index (χ2n) is 4.68. The van der Waals surface area contributed by atoms with Crippen LogP contribution < -0.4 is 0 Å². The van der Waals surface area contributed by atoms with Gasteiger partial charge in [0.15, 0.2) is 9.04 Å². The Morgan fingerprint density at radius 2 is 1.33 bits per heavy atom. The lowest BCUT2D eigenvalue weighted by Gasteiger charge is -2.24. The van der Waals surface area contributed by atoms with Gasteiger partial charge in [0.05, 0.1) is 0 Å². The van der Waals surface area contributed by atoms with Gasteiger partial charge in [-0.05, 0) is 16.6 Å². The van der Waals surface area contributed by atoms with Gasteiger partial charge in [-0.2, -0.15) is 0 Å². The summed E-state index contributed by atoms with van der Waals surface area (Å²) in [5.41, 5.74) is 2.42. The maximum absolute atomic E-state index is 6.10. The molecular weight excluding hydrogens is 180 g/mol. The summed E-state index contributed by atoms with van der Waals surface area (Å²) in [6.45, 7) is 13.8. The van der Waals surface area contributed by atoms with E-state index >= 15 is 0 Å². The first-order valence-corrected chi connectivity index (χ1v) is 8.26. The Labute approximate surface area is 81.6 Å². The van der Waals surface area contributed by atoms with E-state index in [1.807, 2.05) is 0 Å². The SMILES string of the molecule is CC(C)[SiH2]O[SiH](C(C)C)C(C)C. The minimum atomic E-state index is -0.875. The summed E-state index contributed by atoms with van der Waals surface area (Å²) < 4.78 is 6.10. The van der Waals surface area contributed by atoms with Gasteiger partial charge in [-0.3, -0.25) is 0 Å². The molecule has 0 rings (SSSR count). The summed E-state index contributed by atoms with van der Waals surface area (Å²) in [5, 5.41) is 0.